The second-order valence-corrected chi connectivity index (χ2v) is 8.68. The molecule has 2 aromatic heterocycles. The van der Waals surface area contributed by atoms with Crippen LogP contribution in [0.5, 0.6) is 0 Å². The number of amides is 1. The Labute approximate surface area is 214 Å². The third-order valence-corrected chi connectivity index (χ3v) is 6.52. The fourth-order valence-corrected chi connectivity index (χ4v) is 4.75. The van der Waals surface area contributed by atoms with Crippen LogP contribution in [0.15, 0.2) is 12.4 Å². The Hall–Kier alpha value is -3.93. The smallest absolute Gasteiger partial charge is 0.255 e. The van der Waals surface area contributed by atoms with E-state index in [0.717, 1.165) is 0 Å². The molecule has 1 amide bonds. The summed E-state index contributed by atoms with van der Waals surface area (Å²) in [7, 11) is 3.29. The van der Waals surface area contributed by atoms with Crippen LogP contribution in [0.1, 0.15) is 47.9 Å². The number of hydrogen-bond donors (Lipinski definition) is 2. The molecule has 3 aromatic rings. The molecule has 11 heteroatoms. The monoisotopic (exact) mass is 509 g/mol. The number of nitrogens with one attached hydrogen (secondary N) is 1. The Kier molecular flexibility index (Phi) is 7.77. The molecule has 194 valence electrons. The van der Waals surface area contributed by atoms with Crippen molar-refractivity contribution in [2.24, 2.45) is 5.73 Å². The van der Waals surface area contributed by atoms with E-state index in [2.05, 4.69) is 44.0 Å². The number of rotatable bonds is 7. The van der Waals surface area contributed by atoms with Gasteiger partial charge in [-0.1, -0.05) is 11.8 Å². The van der Waals surface area contributed by atoms with Crippen LogP contribution in [-0.4, -0.2) is 70.0 Å². The Bertz CT molecular complexity index is 1450. The number of carbonyl (C=O) groups is 1. The molecule has 2 atom stereocenters. The summed E-state index contributed by atoms with van der Waals surface area (Å²) in [5, 5.41) is 7.55. The van der Waals surface area contributed by atoms with Crippen molar-refractivity contribution < 1.29 is 18.3 Å². The zero-order valence-corrected chi connectivity index (χ0v) is 21.2. The summed E-state index contributed by atoms with van der Waals surface area (Å²) in [6.45, 7) is 5.85. The molecule has 9 nitrogen and oxygen atoms in total. The lowest BCUT2D eigenvalue weighted by atomic mass is 10.1. The van der Waals surface area contributed by atoms with Crippen molar-refractivity contribution in [1.29, 1.82) is 0 Å². The van der Waals surface area contributed by atoms with Crippen LogP contribution < -0.4 is 11.1 Å². The van der Waals surface area contributed by atoms with Gasteiger partial charge in [0.05, 0.1) is 36.6 Å². The summed E-state index contributed by atoms with van der Waals surface area (Å²) < 4.78 is 38.7. The summed E-state index contributed by atoms with van der Waals surface area (Å²) in [4.78, 5) is 18.7. The minimum atomic E-state index is -0.866. The highest BCUT2D eigenvalue weighted by atomic mass is 19.1. The van der Waals surface area contributed by atoms with Crippen molar-refractivity contribution in [2.45, 2.75) is 38.9 Å². The number of nitrogens with zero attached hydrogens (tertiary/aromatic N) is 5. The number of carbonyl (C=O) groups excluding carboxylic acids is 1. The largest absolute Gasteiger partial charge is 0.383 e. The van der Waals surface area contributed by atoms with Crippen LogP contribution in [0.4, 0.5) is 14.6 Å². The number of fused-ring (bicyclic) bond motifs is 1. The lowest BCUT2D eigenvalue weighted by Crippen LogP contribution is -2.33. The number of hydrogen-bond acceptors (Lipinski definition) is 6. The number of halogens is 2. The molecule has 3 N–H and O–H groups in total. The van der Waals surface area contributed by atoms with Gasteiger partial charge in [-0.25, -0.2) is 18.4 Å². The molecule has 0 bridgehead atoms. The highest BCUT2D eigenvalue weighted by Crippen LogP contribution is 2.32. The Morgan fingerprint density at radius 3 is 2.78 bits per heavy atom. The fourth-order valence-electron chi connectivity index (χ4n) is 4.75. The van der Waals surface area contributed by atoms with E-state index >= 15 is 4.39 Å². The molecule has 0 spiro atoms. The summed E-state index contributed by atoms with van der Waals surface area (Å²) in [6.07, 6.45) is 2.14. The Morgan fingerprint density at radius 2 is 2.14 bits per heavy atom. The van der Waals surface area contributed by atoms with E-state index in [1.54, 1.807) is 30.3 Å². The van der Waals surface area contributed by atoms with Gasteiger partial charge in [0.2, 0.25) is 0 Å². The van der Waals surface area contributed by atoms with Gasteiger partial charge in [0.1, 0.15) is 22.7 Å². The minimum absolute atomic E-state index is 0.0227. The summed E-state index contributed by atoms with van der Waals surface area (Å²) in [6, 6.07) is 1.18. The molecule has 4 rings (SSSR count). The Morgan fingerprint density at radius 1 is 1.35 bits per heavy atom. The highest BCUT2D eigenvalue weighted by Gasteiger charge is 2.35. The molecular formula is C26H29F2N7O2. The minimum Gasteiger partial charge on any atom is -0.383 e. The lowest BCUT2D eigenvalue weighted by Gasteiger charge is -2.20. The van der Waals surface area contributed by atoms with E-state index in [4.69, 9.17) is 10.5 Å². The number of imidazole rings is 1. The highest BCUT2D eigenvalue weighted by molar-refractivity contribution is 6.00. The summed E-state index contributed by atoms with van der Waals surface area (Å²) in [5.41, 5.74) is 5.69. The molecule has 0 radical (unpaired) electrons. The second kappa shape index (κ2) is 11.0. The maximum Gasteiger partial charge on any atom is 0.255 e. The quantitative estimate of drug-likeness (QED) is 0.474. The molecule has 0 unspecified atom stereocenters. The maximum absolute atomic E-state index is 15.1. The molecule has 1 aromatic carbocycles. The third kappa shape index (κ3) is 4.88. The number of benzene rings is 1. The molecule has 1 saturated heterocycles. The predicted molar refractivity (Wildman–Crippen MR) is 136 cm³/mol. The van der Waals surface area contributed by atoms with E-state index in [-0.39, 0.29) is 28.9 Å². The van der Waals surface area contributed by atoms with Gasteiger partial charge in [0, 0.05) is 39.4 Å². The summed E-state index contributed by atoms with van der Waals surface area (Å²) >= 11 is 0. The van der Waals surface area contributed by atoms with Crippen molar-refractivity contribution in [3.05, 3.63) is 40.8 Å². The number of likely N-dealkylation sites (tertiary alicyclic amines) is 1. The first-order valence-corrected chi connectivity index (χ1v) is 11.9. The van der Waals surface area contributed by atoms with Crippen molar-refractivity contribution >= 4 is 22.8 Å². The van der Waals surface area contributed by atoms with E-state index in [1.807, 2.05) is 6.92 Å². The van der Waals surface area contributed by atoms with Gasteiger partial charge in [-0.15, -0.1) is 5.92 Å². The van der Waals surface area contributed by atoms with Crippen LogP contribution in [-0.2, 0) is 11.3 Å². The first kappa shape index (κ1) is 26.1. The van der Waals surface area contributed by atoms with Gasteiger partial charge < -0.3 is 20.4 Å². The first-order valence-electron chi connectivity index (χ1n) is 11.9. The van der Waals surface area contributed by atoms with Gasteiger partial charge in [-0.05, 0) is 26.2 Å². The molecule has 0 aliphatic carbocycles. The van der Waals surface area contributed by atoms with Gasteiger partial charge in [0.25, 0.3) is 5.91 Å². The molecule has 3 heterocycles. The maximum atomic E-state index is 15.1. The van der Waals surface area contributed by atoms with E-state index in [9.17, 15) is 9.18 Å². The van der Waals surface area contributed by atoms with Crippen LogP contribution in [0.2, 0.25) is 0 Å². The van der Waals surface area contributed by atoms with Gasteiger partial charge in [0.15, 0.2) is 11.5 Å². The topological polar surface area (TPSA) is 103 Å². The van der Waals surface area contributed by atoms with E-state index < -0.39 is 23.1 Å². The van der Waals surface area contributed by atoms with Crippen LogP contribution in [0.3, 0.4) is 0 Å². The number of methoxy groups -OCH3 is 1. The molecular weight excluding hydrogens is 480 g/mol. The predicted octanol–water partition coefficient (Wildman–Crippen LogP) is 2.36. The fraction of sp³-hybridized carbons (Fsp3) is 0.423. The normalized spacial score (nSPS) is 17.4. The van der Waals surface area contributed by atoms with E-state index in [1.165, 1.54) is 12.4 Å². The van der Waals surface area contributed by atoms with Crippen molar-refractivity contribution in [3.63, 3.8) is 0 Å². The van der Waals surface area contributed by atoms with Crippen molar-refractivity contribution in [2.75, 3.05) is 39.2 Å². The number of aromatic nitrogens is 4. The van der Waals surface area contributed by atoms with Gasteiger partial charge in [-0.2, -0.15) is 5.10 Å². The zero-order valence-electron chi connectivity index (χ0n) is 21.2. The number of primary amides is 1. The number of ether oxygens (including phenoxy) is 1. The number of aryl methyl sites for hydroxylation is 1. The molecule has 1 aliphatic rings. The van der Waals surface area contributed by atoms with Gasteiger partial charge in [-0.3, -0.25) is 9.69 Å². The molecule has 37 heavy (non-hydrogen) atoms. The molecule has 1 fully saturated rings. The molecule has 1 aliphatic heterocycles. The second-order valence-electron chi connectivity index (χ2n) is 8.68. The number of nitrogens with two attached hydrogens (primary N) is 1. The third-order valence-electron chi connectivity index (χ3n) is 6.52. The van der Waals surface area contributed by atoms with Crippen molar-refractivity contribution in [1.82, 2.24) is 24.2 Å². The summed E-state index contributed by atoms with van der Waals surface area (Å²) in [5.74, 6) is 9.14. The van der Waals surface area contributed by atoms with E-state index in [0.29, 0.717) is 44.0 Å². The zero-order chi connectivity index (χ0) is 26.7. The average molecular weight is 510 g/mol. The van der Waals surface area contributed by atoms with Crippen LogP contribution in [0.25, 0.3) is 11.0 Å². The standard InChI is InChI=1S/C26H29F2N7O2/c1-5-7-10-34-13-16(11-17(34)14-37-4)35-26(30-3)22(25(29)36)20(32-35)9-8-18-19(27)12-21-24(23(18)28)31-15-33(21)6-2/h12,15-17,30H,6,10-11,13-14H2,1-4H3,(H2,29,36)/t16-,17+/m0/s1. The Balaban J connectivity index is 1.76. The van der Waals surface area contributed by atoms with Crippen LogP contribution >= 0.6 is 0 Å². The lowest BCUT2D eigenvalue weighted by molar-refractivity contribution is 0.100. The van der Waals surface area contributed by atoms with Crippen molar-refractivity contribution in [3.8, 4) is 23.7 Å². The molecule has 0 saturated carbocycles. The average Bonchev–Trinajstić information content (AvgIpc) is 3.57. The van der Waals surface area contributed by atoms with Gasteiger partial charge >= 0.3 is 0 Å². The van der Waals surface area contributed by atoms with Crippen LogP contribution in [0, 0.1) is 35.3 Å². The first-order chi connectivity index (χ1) is 17.8. The number of anilines is 1. The SMILES string of the molecule is CC#CCN1C[C@@H](n2nc(C#Cc3c(F)cc4c(ncn4CC)c3F)c(C(N)=O)c2NC)C[C@@H]1COC.